The number of amides is 1. The molecule has 0 radical (unpaired) electrons. The van der Waals surface area contributed by atoms with Gasteiger partial charge in [0.15, 0.2) is 0 Å². The number of carbonyl (C=O) groups is 2. The second kappa shape index (κ2) is 9.86. The first kappa shape index (κ1) is 22.1. The molecule has 0 aliphatic heterocycles. The lowest BCUT2D eigenvalue weighted by atomic mass is 10.1. The average molecular weight is 405 g/mol. The van der Waals surface area contributed by atoms with Gasteiger partial charge in [-0.2, -0.15) is 0 Å². The molecule has 0 aliphatic carbocycles. The summed E-state index contributed by atoms with van der Waals surface area (Å²) in [5, 5.41) is 11.7. The minimum Gasteiger partial charge on any atom is -0.494 e. The van der Waals surface area contributed by atoms with E-state index in [0.717, 1.165) is 5.75 Å². The van der Waals surface area contributed by atoms with Crippen LogP contribution >= 0.6 is 0 Å². The SMILES string of the molecule is CCOc1ccc(OCc2ccc(CC(NC(=O)OC(C)(C)C)C(=O)O)o2)cc1. The van der Waals surface area contributed by atoms with E-state index in [9.17, 15) is 14.7 Å². The molecule has 0 fully saturated rings. The topological polar surface area (TPSA) is 107 Å². The standard InChI is InChI=1S/C21H27NO7/c1-5-26-14-6-8-15(9-7-14)27-13-17-11-10-16(28-17)12-18(19(23)24)22-20(25)29-21(2,3)4/h6-11,18H,5,12-13H2,1-4H3,(H,22,25)(H,23,24). The Morgan fingerprint density at radius 3 is 2.17 bits per heavy atom. The van der Waals surface area contributed by atoms with Crippen LogP contribution < -0.4 is 14.8 Å². The van der Waals surface area contributed by atoms with E-state index in [1.807, 2.05) is 19.1 Å². The Labute approximate surface area is 169 Å². The third-order valence-electron chi connectivity index (χ3n) is 3.63. The zero-order chi connectivity index (χ0) is 21.4. The number of aliphatic carboxylic acids is 1. The summed E-state index contributed by atoms with van der Waals surface area (Å²) in [5.41, 5.74) is -0.719. The highest BCUT2D eigenvalue weighted by Crippen LogP contribution is 2.19. The molecule has 2 rings (SSSR count). The van der Waals surface area contributed by atoms with E-state index in [1.54, 1.807) is 45.0 Å². The molecule has 29 heavy (non-hydrogen) atoms. The molecule has 0 saturated heterocycles. The van der Waals surface area contributed by atoms with E-state index in [-0.39, 0.29) is 13.0 Å². The van der Waals surface area contributed by atoms with Crippen molar-refractivity contribution in [2.75, 3.05) is 6.61 Å². The number of benzene rings is 1. The molecule has 158 valence electrons. The van der Waals surface area contributed by atoms with Crippen LogP contribution in [-0.4, -0.2) is 35.4 Å². The number of alkyl carbamates (subject to hydrolysis) is 1. The summed E-state index contributed by atoms with van der Waals surface area (Å²) in [6, 6.07) is 9.40. The van der Waals surface area contributed by atoms with E-state index in [4.69, 9.17) is 18.6 Å². The number of carbonyl (C=O) groups excluding carboxylic acids is 1. The molecular formula is C21H27NO7. The highest BCUT2D eigenvalue weighted by atomic mass is 16.6. The van der Waals surface area contributed by atoms with Gasteiger partial charge in [-0.15, -0.1) is 0 Å². The van der Waals surface area contributed by atoms with Gasteiger partial charge in [0.1, 0.15) is 41.3 Å². The molecule has 8 nitrogen and oxygen atoms in total. The van der Waals surface area contributed by atoms with Crippen LogP contribution in [0.4, 0.5) is 4.79 Å². The third-order valence-corrected chi connectivity index (χ3v) is 3.63. The van der Waals surface area contributed by atoms with Crippen LogP contribution in [-0.2, 0) is 22.6 Å². The fourth-order valence-corrected chi connectivity index (χ4v) is 2.41. The zero-order valence-electron chi connectivity index (χ0n) is 17.1. The summed E-state index contributed by atoms with van der Waals surface area (Å²) < 4.78 is 21.8. The van der Waals surface area contributed by atoms with E-state index in [2.05, 4.69) is 5.32 Å². The average Bonchev–Trinajstić information content (AvgIpc) is 3.07. The van der Waals surface area contributed by atoms with Gasteiger partial charge < -0.3 is 29.1 Å². The van der Waals surface area contributed by atoms with Crippen molar-refractivity contribution >= 4 is 12.1 Å². The maximum Gasteiger partial charge on any atom is 0.408 e. The smallest absolute Gasteiger partial charge is 0.408 e. The molecular weight excluding hydrogens is 378 g/mol. The first-order chi connectivity index (χ1) is 13.7. The monoisotopic (exact) mass is 405 g/mol. The Kier molecular flexibility index (Phi) is 7.52. The maximum absolute atomic E-state index is 11.8. The summed E-state index contributed by atoms with van der Waals surface area (Å²) in [5.74, 6) is 1.19. The van der Waals surface area contributed by atoms with Crippen LogP contribution in [0.2, 0.25) is 0 Å². The molecule has 2 N–H and O–H groups in total. The molecule has 1 atom stereocenters. The second-order valence-electron chi connectivity index (χ2n) is 7.30. The Balaban J connectivity index is 1.90. The van der Waals surface area contributed by atoms with Crippen molar-refractivity contribution in [3.63, 3.8) is 0 Å². The number of carboxylic acids is 1. The van der Waals surface area contributed by atoms with Gasteiger partial charge in [-0.3, -0.25) is 0 Å². The van der Waals surface area contributed by atoms with E-state index in [0.29, 0.717) is 23.9 Å². The van der Waals surface area contributed by atoms with Crippen LogP contribution in [0.1, 0.15) is 39.2 Å². The number of nitrogens with one attached hydrogen (secondary N) is 1. The summed E-state index contributed by atoms with van der Waals surface area (Å²) in [6.07, 6.45) is -0.812. The van der Waals surface area contributed by atoms with Crippen molar-refractivity contribution in [3.8, 4) is 11.5 Å². The number of furan rings is 1. The number of carboxylic acid groups (broad SMARTS) is 1. The first-order valence-electron chi connectivity index (χ1n) is 9.32. The minimum absolute atomic E-state index is 0.0162. The normalized spacial score (nSPS) is 12.1. The quantitative estimate of drug-likeness (QED) is 0.654. The summed E-state index contributed by atoms with van der Waals surface area (Å²) >= 11 is 0. The van der Waals surface area contributed by atoms with Crippen LogP contribution in [0.3, 0.4) is 0 Å². The number of hydrogen-bond acceptors (Lipinski definition) is 6. The Hall–Kier alpha value is -3.16. The predicted molar refractivity (Wildman–Crippen MR) is 105 cm³/mol. The fourth-order valence-electron chi connectivity index (χ4n) is 2.41. The van der Waals surface area contributed by atoms with Gasteiger partial charge >= 0.3 is 12.1 Å². The molecule has 8 heteroatoms. The number of rotatable bonds is 9. The van der Waals surface area contributed by atoms with E-state index < -0.39 is 23.7 Å². The van der Waals surface area contributed by atoms with Crippen molar-refractivity contribution in [3.05, 3.63) is 47.9 Å². The fraction of sp³-hybridized carbons (Fsp3) is 0.429. The molecule has 0 aliphatic rings. The first-order valence-corrected chi connectivity index (χ1v) is 9.32. The van der Waals surface area contributed by atoms with Crippen molar-refractivity contribution < 1.29 is 33.3 Å². The van der Waals surface area contributed by atoms with Gasteiger partial charge in [-0.1, -0.05) is 0 Å². The van der Waals surface area contributed by atoms with Crippen molar-refractivity contribution in [2.45, 2.75) is 52.4 Å². The minimum atomic E-state index is -1.18. The second-order valence-corrected chi connectivity index (χ2v) is 7.30. The predicted octanol–water partition coefficient (Wildman–Crippen LogP) is 3.78. The number of hydrogen-bond donors (Lipinski definition) is 2. The van der Waals surface area contributed by atoms with Gasteiger partial charge in [-0.25, -0.2) is 9.59 Å². The lowest BCUT2D eigenvalue weighted by molar-refractivity contribution is -0.139. The van der Waals surface area contributed by atoms with Crippen LogP contribution in [0.25, 0.3) is 0 Å². The third kappa shape index (κ3) is 7.77. The Morgan fingerprint density at radius 1 is 1.03 bits per heavy atom. The van der Waals surface area contributed by atoms with Gasteiger partial charge in [-0.05, 0) is 64.1 Å². The summed E-state index contributed by atoms with van der Waals surface area (Å²) in [7, 11) is 0. The molecule has 0 saturated carbocycles. The van der Waals surface area contributed by atoms with Crippen LogP contribution in [0.15, 0.2) is 40.8 Å². The molecule has 1 amide bonds. The van der Waals surface area contributed by atoms with E-state index >= 15 is 0 Å². The van der Waals surface area contributed by atoms with E-state index in [1.165, 1.54) is 0 Å². The molecule has 0 bridgehead atoms. The molecule has 2 aromatic rings. The maximum atomic E-state index is 11.8. The Bertz CT molecular complexity index is 805. The van der Waals surface area contributed by atoms with Crippen LogP contribution in [0.5, 0.6) is 11.5 Å². The lowest BCUT2D eigenvalue weighted by Crippen LogP contribution is -2.44. The highest BCUT2D eigenvalue weighted by molar-refractivity contribution is 5.80. The molecule has 1 heterocycles. The van der Waals surface area contributed by atoms with Gasteiger partial charge in [0.25, 0.3) is 0 Å². The molecule has 1 unspecified atom stereocenters. The van der Waals surface area contributed by atoms with Crippen molar-refractivity contribution in [1.82, 2.24) is 5.32 Å². The van der Waals surface area contributed by atoms with Gasteiger partial charge in [0.05, 0.1) is 6.61 Å². The number of ether oxygens (including phenoxy) is 3. The lowest BCUT2D eigenvalue weighted by Gasteiger charge is -2.21. The van der Waals surface area contributed by atoms with Gasteiger partial charge in [0, 0.05) is 6.42 Å². The highest BCUT2D eigenvalue weighted by Gasteiger charge is 2.25. The van der Waals surface area contributed by atoms with Gasteiger partial charge in [0.2, 0.25) is 0 Å². The van der Waals surface area contributed by atoms with Crippen molar-refractivity contribution in [1.29, 1.82) is 0 Å². The summed E-state index contributed by atoms with van der Waals surface area (Å²) in [6.45, 7) is 7.79. The summed E-state index contributed by atoms with van der Waals surface area (Å²) in [4.78, 5) is 23.3. The Morgan fingerprint density at radius 2 is 1.62 bits per heavy atom. The molecule has 1 aromatic heterocycles. The molecule has 0 spiro atoms. The largest absolute Gasteiger partial charge is 0.494 e. The zero-order valence-corrected chi connectivity index (χ0v) is 17.1. The molecule has 1 aromatic carbocycles. The van der Waals surface area contributed by atoms with Crippen LogP contribution in [0, 0.1) is 0 Å². The van der Waals surface area contributed by atoms with Crippen molar-refractivity contribution in [2.24, 2.45) is 0 Å².